The van der Waals surface area contributed by atoms with E-state index in [9.17, 15) is 8.78 Å². The minimum absolute atomic E-state index is 0.248. The highest BCUT2D eigenvalue weighted by Gasteiger charge is 2.20. The number of ether oxygens (including phenoxy) is 2. The topological polar surface area (TPSA) is 47.7 Å². The molecule has 1 unspecified atom stereocenters. The molecular formula is C15H24F2N2O2. The molecule has 0 bridgehead atoms. The second kappa shape index (κ2) is 9.78. The Hall–Kier alpha value is -1.08. The molecule has 0 saturated carbocycles. The van der Waals surface area contributed by atoms with E-state index in [1.165, 1.54) is 12.1 Å². The van der Waals surface area contributed by atoms with Gasteiger partial charge in [-0.15, -0.1) is 0 Å². The van der Waals surface area contributed by atoms with E-state index in [0.717, 1.165) is 19.0 Å². The molecular weight excluding hydrogens is 278 g/mol. The minimum Gasteiger partial charge on any atom is -0.385 e. The third-order valence-corrected chi connectivity index (χ3v) is 3.31. The van der Waals surface area contributed by atoms with Crippen molar-refractivity contribution in [3.63, 3.8) is 0 Å². The van der Waals surface area contributed by atoms with Gasteiger partial charge in [0.05, 0.1) is 6.61 Å². The number of hydrogen-bond acceptors (Lipinski definition) is 4. The van der Waals surface area contributed by atoms with Crippen molar-refractivity contribution in [1.82, 2.24) is 4.90 Å². The standard InChI is InChI=1S/C15H24F2N2O2/c1-20-6-3-4-19(5-7-21-2)15(11-18)12-8-13(16)10-14(17)9-12/h8-10,15H,3-7,11,18H2,1-2H3. The lowest BCUT2D eigenvalue weighted by Gasteiger charge is -2.31. The second-order valence-electron chi connectivity index (χ2n) is 4.83. The summed E-state index contributed by atoms with van der Waals surface area (Å²) in [6.07, 6.45) is 0.814. The quantitative estimate of drug-likeness (QED) is 0.671. The summed E-state index contributed by atoms with van der Waals surface area (Å²) in [4.78, 5) is 2.07. The number of halogens is 2. The van der Waals surface area contributed by atoms with E-state index in [0.29, 0.717) is 25.3 Å². The third kappa shape index (κ3) is 6.05. The number of nitrogens with zero attached hydrogens (tertiary/aromatic N) is 1. The molecule has 0 aliphatic rings. The van der Waals surface area contributed by atoms with Gasteiger partial charge in [0.2, 0.25) is 0 Å². The van der Waals surface area contributed by atoms with Gasteiger partial charge >= 0.3 is 0 Å². The van der Waals surface area contributed by atoms with E-state index in [2.05, 4.69) is 4.90 Å². The Kier molecular flexibility index (Phi) is 8.37. The summed E-state index contributed by atoms with van der Waals surface area (Å²) in [5, 5.41) is 0. The van der Waals surface area contributed by atoms with Gasteiger partial charge in [0.25, 0.3) is 0 Å². The summed E-state index contributed by atoms with van der Waals surface area (Å²) in [6.45, 7) is 2.79. The molecule has 0 saturated heterocycles. The van der Waals surface area contributed by atoms with Crippen molar-refractivity contribution >= 4 is 0 Å². The first kappa shape index (κ1) is 18.0. The lowest BCUT2D eigenvalue weighted by Crippen LogP contribution is -2.37. The molecule has 0 aliphatic carbocycles. The van der Waals surface area contributed by atoms with Crippen LogP contribution in [-0.4, -0.2) is 52.0 Å². The number of hydrogen-bond donors (Lipinski definition) is 1. The summed E-state index contributed by atoms with van der Waals surface area (Å²) < 4.78 is 36.9. The largest absolute Gasteiger partial charge is 0.385 e. The maximum absolute atomic E-state index is 13.4. The van der Waals surface area contributed by atoms with Crippen molar-refractivity contribution in [3.8, 4) is 0 Å². The van der Waals surface area contributed by atoms with Gasteiger partial charge in [-0.05, 0) is 24.1 Å². The first-order chi connectivity index (χ1) is 10.1. The molecule has 4 nitrogen and oxygen atoms in total. The Balaban J connectivity index is 2.87. The van der Waals surface area contributed by atoms with Gasteiger partial charge in [-0.25, -0.2) is 8.78 Å². The number of nitrogens with two attached hydrogens (primary N) is 1. The predicted octanol–water partition coefficient (Wildman–Crippen LogP) is 1.95. The molecule has 1 rings (SSSR count). The van der Waals surface area contributed by atoms with E-state index < -0.39 is 11.6 Å². The third-order valence-electron chi connectivity index (χ3n) is 3.31. The van der Waals surface area contributed by atoms with Crippen molar-refractivity contribution in [2.75, 3.05) is 47.1 Å². The molecule has 120 valence electrons. The SMILES string of the molecule is COCCCN(CCOC)C(CN)c1cc(F)cc(F)c1. The van der Waals surface area contributed by atoms with Crippen molar-refractivity contribution in [2.24, 2.45) is 5.73 Å². The Bertz CT molecular complexity index is 398. The van der Waals surface area contributed by atoms with Crippen molar-refractivity contribution in [1.29, 1.82) is 0 Å². The fourth-order valence-electron chi connectivity index (χ4n) is 2.31. The smallest absolute Gasteiger partial charge is 0.126 e. The molecule has 2 N–H and O–H groups in total. The molecule has 0 spiro atoms. The number of methoxy groups -OCH3 is 2. The van der Waals surface area contributed by atoms with Crippen LogP contribution in [0.1, 0.15) is 18.0 Å². The monoisotopic (exact) mass is 302 g/mol. The van der Waals surface area contributed by atoms with E-state index >= 15 is 0 Å². The molecule has 0 aliphatic heterocycles. The van der Waals surface area contributed by atoms with Crippen LogP contribution in [0.5, 0.6) is 0 Å². The summed E-state index contributed by atoms with van der Waals surface area (Å²) >= 11 is 0. The first-order valence-electron chi connectivity index (χ1n) is 7.00. The first-order valence-corrected chi connectivity index (χ1v) is 7.00. The molecule has 0 amide bonds. The summed E-state index contributed by atoms with van der Waals surface area (Å²) in [5.41, 5.74) is 6.37. The van der Waals surface area contributed by atoms with Crippen LogP contribution >= 0.6 is 0 Å². The molecule has 6 heteroatoms. The van der Waals surface area contributed by atoms with Crippen LogP contribution in [0.2, 0.25) is 0 Å². The zero-order valence-electron chi connectivity index (χ0n) is 12.6. The van der Waals surface area contributed by atoms with Crippen LogP contribution in [-0.2, 0) is 9.47 Å². The zero-order chi connectivity index (χ0) is 15.7. The molecule has 0 aromatic heterocycles. The normalized spacial score (nSPS) is 12.9. The highest BCUT2D eigenvalue weighted by molar-refractivity contribution is 5.22. The fraction of sp³-hybridized carbons (Fsp3) is 0.600. The van der Waals surface area contributed by atoms with Crippen molar-refractivity contribution in [2.45, 2.75) is 12.5 Å². The Morgan fingerprint density at radius 2 is 1.67 bits per heavy atom. The van der Waals surface area contributed by atoms with E-state index in [4.69, 9.17) is 15.2 Å². The van der Waals surface area contributed by atoms with Crippen LogP contribution in [0, 0.1) is 11.6 Å². The van der Waals surface area contributed by atoms with Gasteiger partial charge in [-0.3, -0.25) is 4.90 Å². The molecule has 0 radical (unpaired) electrons. The molecule has 21 heavy (non-hydrogen) atoms. The van der Waals surface area contributed by atoms with Crippen LogP contribution < -0.4 is 5.73 Å². The number of rotatable bonds is 10. The summed E-state index contributed by atoms with van der Waals surface area (Å²) in [7, 11) is 3.26. The van der Waals surface area contributed by atoms with E-state index in [1.807, 2.05) is 0 Å². The van der Waals surface area contributed by atoms with Gasteiger partial charge in [0.1, 0.15) is 11.6 Å². The maximum atomic E-state index is 13.4. The average Bonchev–Trinajstić information content (AvgIpc) is 2.44. The van der Waals surface area contributed by atoms with Crippen LogP contribution in [0.4, 0.5) is 8.78 Å². The van der Waals surface area contributed by atoms with Gasteiger partial charge in [0.15, 0.2) is 0 Å². The Morgan fingerprint density at radius 1 is 1.05 bits per heavy atom. The predicted molar refractivity (Wildman–Crippen MR) is 78.1 cm³/mol. The van der Waals surface area contributed by atoms with Crippen molar-refractivity contribution in [3.05, 3.63) is 35.4 Å². The van der Waals surface area contributed by atoms with Gasteiger partial charge < -0.3 is 15.2 Å². The van der Waals surface area contributed by atoms with Crippen molar-refractivity contribution < 1.29 is 18.3 Å². The maximum Gasteiger partial charge on any atom is 0.126 e. The van der Waals surface area contributed by atoms with Gasteiger partial charge in [0, 0.05) is 52.6 Å². The van der Waals surface area contributed by atoms with E-state index in [-0.39, 0.29) is 12.6 Å². The number of benzene rings is 1. The van der Waals surface area contributed by atoms with E-state index in [1.54, 1.807) is 14.2 Å². The highest BCUT2D eigenvalue weighted by atomic mass is 19.1. The molecule has 1 aromatic carbocycles. The van der Waals surface area contributed by atoms with Crippen LogP contribution in [0.3, 0.4) is 0 Å². The molecule has 0 fully saturated rings. The zero-order valence-corrected chi connectivity index (χ0v) is 12.6. The van der Waals surface area contributed by atoms with Crippen LogP contribution in [0.15, 0.2) is 18.2 Å². The summed E-state index contributed by atoms with van der Waals surface area (Å²) in [6, 6.07) is 3.27. The Morgan fingerprint density at radius 3 is 2.19 bits per heavy atom. The lowest BCUT2D eigenvalue weighted by atomic mass is 10.0. The second-order valence-corrected chi connectivity index (χ2v) is 4.83. The minimum atomic E-state index is -0.591. The highest BCUT2D eigenvalue weighted by Crippen LogP contribution is 2.22. The summed E-state index contributed by atoms with van der Waals surface area (Å²) in [5.74, 6) is -1.18. The average molecular weight is 302 g/mol. The molecule has 0 heterocycles. The molecule has 1 aromatic rings. The molecule has 1 atom stereocenters. The van der Waals surface area contributed by atoms with Crippen LogP contribution in [0.25, 0.3) is 0 Å². The van der Waals surface area contributed by atoms with Gasteiger partial charge in [-0.1, -0.05) is 0 Å². The lowest BCUT2D eigenvalue weighted by molar-refractivity contribution is 0.108. The Labute approximate surface area is 124 Å². The van der Waals surface area contributed by atoms with Gasteiger partial charge in [-0.2, -0.15) is 0 Å². The fourth-order valence-corrected chi connectivity index (χ4v) is 2.31.